The van der Waals surface area contributed by atoms with Gasteiger partial charge in [0.25, 0.3) is 5.91 Å². The minimum absolute atomic E-state index is 0.212. The summed E-state index contributed by atoms with van der Waals surface area (Å²) in [6, 6.07) is 14.8. The van der Waals surface area contributed by atoms with Crippen molar-refractivity contribution in [2.75, 3.05) is 11.9 Å². The van der Waals surface area contributed by atoms with Gasteiger partial charge in [0, 0.05) is 27.4 Å². The lowest BCUT2D eigenvalue weighted by Gasteiger charge is -2.10. The highest BCUT2D eigenvalue weighted by molar-refractivity contribution is 6.36. The maximum Gasteiger partial charge on any atom is 0.262 e. The number of hydrogen-bond acceptors (Lipinski definition) is 4. The quantitative estimate of drug-likeness (QED) is 0.337. The molecule has 0 unspecified atom stereocenters. The molecule has 0 aliphatic heterocycles. The van der Waals surface area contributed by atoms with Crippen LogP contribution in [0.3, 0.4) is 0 Å². The molecule has 0 spiro atoms. The molecular weight excluding hydrogens is 473 g/mol. The Balaban J connectivity index is 1.51. The van der Waals surface area contributed by atoms with Gasteiger partial charge in [0.05, 0.1) is 16.0 Å². The Labute approximate surface area is 198 Å². The topological polar surface area (TPSA) is 68.5 Å². The molecule has 1 heterocycles. The first kappa shape index (κ1) is 22.2. The number of halogens is 3. The highest BCUT2D eigenvalue weighted by Crippen LogP contribution is 2.30. The van der Waals surface area contributed by atoms with Gasteiger partial charge in [0.1, 0.15) is 17.6 Å². The van der Waals surface area contributed by atoms with E-state index >= 15 is 0 Å². The van der Waals surface area contributed by atoms with E-state index in [-0.39, 0.29) is 17.9 Å². The van der Waals surface area contributed by atoms with Gasteiger partial charge in [-0.1, -0.05) is 40.9 Å². The number of anilines is 1. The lowest BCUT2D eigenvalue weighted by atomic mass is 10.1. The van der Waals surface area contributed by atoms with Crippen molar-refractivity contribution in [2.24, 2.45) is 0 Å². The van der Waals surface area contributed by atoms with E-state index < -0.39 is 0 Å². The van der Waals surface area contributed by atoms with Crippen molar-refractivity contribution in [3.63, 3.8) is 0 Å². The van der Waals surface area contributed by atoms with E-state index in [9.17, 15) is 9.59 Å². The van der Waals surface area contributed by atoms with Crippen LogP contribution < -0.4 is 15.5 Å². The first-order valence-corrected chi connectivity index (χ1v) is 10.6. The van der Waals surface area contributed by atoms with Crippen LogP contribution in [0.15, 0.2) is 70.1 Å². The van der Waals surface area contributed by atoms with E-state index in [2.05, 4.69) is 5.32 Å². The smallest absolute Gasteiger partial charge is 0.262 e. The molecule has 5 nitrogen and oxygen atoms in total. The lowest BCUT2D eigenvalue weighted by molar-refractivity contribution is -0.118. The Bertz CT molecular complexity index is 1400. The molecular formula is C24H16Cl3NO4. The number of ether oxygens (including phenoxy) is 1. The molecule has 8 heteroatoms. The van der Waals surface area contributed by atoms with E-state index in [4.69, 9.17) is 44.0 Å². The van der Waals surface area contributed by atoms with E-state index in [0.717, 1.165) is 5.56 Å². The van der Waals surface area contributed by atoms with Crippen molar-refractivity contribution in [1.29, 1.82) is 0 Å². The van der Waals surface area contributed by atoms with Crippen molar-refractivity contribution in [1.82, 2.24) is 0 Å². The van der Waals surface area contributed by atoms with Crippen LogP contribution in [0.1, 0.15) is 5.56 Å². The zero-order valence-electron chi connectivity index (χ0n) is 16.7. The molecule has 0 fully saturated rings. The predicted octanol–water partition coefficient (Wildman–Crippen LogP) is 6.75. The first-order chi connectivity index (χ1) is 15.3. The predicted molar refractivity (Wildman–Crippen MR) is 128 cm³/mol. The number of amides is 1. The molecule has 0 atom stereocenters. The van der Waals surface area contributed by atoms with E-state index in [0.29, 0.717) is 48.6 Å². The van der Waals surface area contributed by atoms with Crippen LogP contribution in [0.25, 0.3) is 22.1 Å². The van der Waals surface area contributed by atoms with Gasteiger partial charge in [-0.15, -0.1) is 0 Å². The lowest BCUT2D eigenvalue weighted by Crippen LogP contribution is -2.20. The van der Waals surface area contributed by atoms with E-state index in [1.807, 2.05) is 6.92 Å². The van der Waals surface area contributed by atoms with Crippen LogP contribution in [0.4, 0.5) is 5.69 Å². The monoisotopic (exact) mass is 487 g/mol. The van der Waals surface area contributed by atoms with Crippen LogP contribution >= 0.6 is 34.8 Å². The molecule has 0 aliphatic rings. The molecule has 0 bridgehead atoms. The summed E-state index contributed by atoms with van der Waals surface area (Å²) in [5, 5.41) is 4.55. The number of aryl methyl sites for hydroxylation is 1. The van der Waals surface area contributed by atoms with Crippen LogP contribution in [0.2, 0.25) is 15.1 Å². The highest BCUT2D eigenvalue weighted by Gasteiger charge is 2.14. The molecule has 0 saturated heterocycles. The van der Waals surface area contributed by atoms with E-state index in [1.54, 1.807) is 54.6 Å². The molecule has 4 aromatic rings. The fourth-order valence-electron chi connectivity index (χ4n) is 3.19. The Hall–Kier alpha value is -2.99. The van der Waals surface area contributed by atoms with Gasteiger partial charge in [0.2, 0.25) is 5.43 Å². The molecule has 3 aromatic carbocycles. The van der Waals surface area contributed by atoms with Gasteiger partial charge in [-0.05, 0) is 55.0 Å². The summed E-state index contributed by atoms with van der Waals surface area (Å²) >= 11 is 18.1. The Morgan fingerprint density at radius 1 is 0.969 bits per heavy atom. The summed E-state index contributed by atoms with van der Waals surface area (Å²) in [4.78, 5) is 25.2. The number of hydrogen-bond donors (Lipinski definition) is 1. The Kier molecular flexibility index (Phi) is 6.42. The molecule has 162 valence electrons. The molecule has 0 radical (unpaired) electrons. The molecule has 1 N–H and O–H groups in total. The van der Waals surface area contributed by atoms with Crippen LogP contribution in [0.5, 0.6) is 5.75 Å². The van der Waals surface area contributed by atoms with E-state index in [1.165, 1.54) is 6.26 Å². The largest absolute Gasteiger partial charge is 0.484 e. The Morgan fingerprint density at radius 3 is 2.47 bits per heavy atom. The van der Waals surface area contributed by atoms with Gasteiger partial charge >= 0.3 is 0 Å². The fourth-order valence-corrected chi connectivity index (χ4v) is 3.93. The molecule has 1 amide bonds. The maximum absolute atomic E-state index is 12.9. The number of rotatable bonds is 5. The van der Waals surface area contributed by atoms with Crippen molar-refractivity contribution in [3.05, 3.63) is 91.7 Å². The maximum atomic E-state index is 12.9. The Morgan fingerprint density at radius 2 is 1.72 bits per heavy atom. The van der Waals surface area contributed by atoms with Crippen molar-refractivity contribution < 1.29 is 13.9 Å². The average molecular weight is 489 g/mol. The third-order valence-electron chi connectivity index (χ3n) is 4.80. The fraction of sp³-hybridized carbons (Fsp3) is 0.0833. The SMILES string of the molecule is Cc1cc(Cl)ccc1NC(=O)COc1ccc2c(=O)c(-c3ccc(Cl)cc3Cl)coc2c1. The normalized spacial score (nSPS) is 10.9. The van der Waals surface area contributed by atoms with Gasteiger partial charge in [-0.25, -0.2) is 0 Å². The summed E-state index contributed by atoms with van der Waals surface area (Å²) < 4.78 is 11.2. The summed E-state index contributed by atoms with van der Waals surface area (Å²) in [7, 11) is 0. The molecule has 0 saturated carbocycles. The van der Waals surface area contributed by atoms with Crippen LogP contribution in [0, 0.1) is 6.92 Å². The van der Waals surface area contributed by atoms with Crippen molar-refractivity contribution in [3.8, 4) is 16.9 Å². The second-order valence-electron chi connectivity index (χ2n) is 7.06. The molecule has 32 heavy (non-hydrogen) atoms. The summed E-state index contributed by atoms with van der Waals surface area (Å²) in [6.07, 6.45) is 1.35. The average Bonchev–Trinajstić information content (AvgIpc) is 2.75. The number of carbonyl (C=O) groups is 1. The first-order valence-electron chi connectivity index (χ1n) is 9.51. The second-order valence-corrected chi connectivity index (χ2v) is 8.34. The molecule has 0 aliphatic carbocycles. The minimum Gasteiger partial charge on any atom is -0.484 e. The third kappa shape index (κ3) is 4.75. The standard InChI is InChI=1S/C24H16Cl3NO4/c1-13-8-14(25)3-7-21(13)28-23(29)12-31-16-4-6-18-22(10-16)32-11-19(24(18)30)17-5-2-15(26)9-20(17)27/h2-11H,12H2,1H3,(H,28,29). The van der Waals surface area contributed by atoms with Crippen LogP contribution in [-0.2, 0) is 4.79 Å². The zero-order chi connectivity index (χ0) is 22.8. The second kappa shape index (κ2) is 9.25. The highest BCUT2D eigenvalue weighted by atomic mass is 35.5. The summed E-state index contributed by atoms with van der Waals surface area (Å²) in [5.41, 5.74) is 2.44. The van der Waals surface area contributed by atoms with Gasteiger partial charge in [-0.2, -0.15) is 0 Å². The number of benzene rings is 3. The van der Waals surface area contributed by atoms with Crippen molar-refractivity contribution in [2.45, 2.75) is 6.92 Å². The zero-order valence-corrected chi connectivity index (χ0v) is 19.0. The van der Waals surface area contributed by atoms with Gasteiger partial charge < -0.3 is 14.5 Å². The van der Waals surface area contributed by atoms with Gasteiger partial charge in [-0.3, -0.25) is 9.59 Å². The van der Waals surface area contributed by atoms with Crippen molar-refractivity contribution >= 4 is 57.4 Å². The summed E-state index contributed by atoms with van der Waals surface area (Å²) in [6.45, 7) is 1.63. The minimum atomic E-state index is -0.329. The number of nitrogens with one attached hydrogen (secondary N) is 1. The summed E-state index contributed by atoms with van der Waals surface area (Å²) in [5.74, 6) is 0.0607. The molecule has 1 aromatic heterocycles. The number of carbonyl (C=O) groups excluding carboxylic acids is 1. The van der Waals surface area contributed by atoms with Gasteiger partial charge in [0.15, 0.2) is 6.61 Å². The molecule has 4 rings (SSSR count). The third-order valence-corrected chi connectivity index (χ3v) is 5.58. The van der Waals surface area contributed by atoms with Crippen LogP contribution in [-0.4, -0.2) is 12.5 Å². The number of fused-ring (bicyclic) bond motifs is 1.